The van der Waals surface area contributed by atoms with Gasteiger partial charge in [0.15, 0.2) is 17.4 Å². The minimum Gasteiger partial charge on any atom is -0.394 e. The summed E-state index contributed by atoms with van der Waals surface area (Å²) in [6.45, 7) is 1.67. The predicted octanol–water partition coefficient (Wildman–Crippen LogP) is -2.43. The number of aliphatic hydroxyl groups excluding tert-OH is 3. The van der Waals surface area contributed by atoms with Crippen LogP contribution >= 0.6 is 0 Å². The summed E-state index contributed by atoms with van der Waals surface area (Å²) in [5.74, 6) is 0.400. The SMILES string of the molecule is O=c1[nH]cnc2c1nc(N1CCOCC1)n2[C@H]1O[C@@H](CO)[C@H](O)[C@@H]1O. The van der Waals surface area contributed by atoms with Gasteiger partial charge in [-0.25, -0.2) is 9.97 Å². The fraction of sp³-hybridized carbons (Fsp3) is 0.643. The van der Waals surface area contributed by atoms with Gasteiger partial charge < -0.3 is 34.7 Å². The summed E-state index contributed by atoms with van der Waals surface area (Å²) >= 11 is 0. The van der Waals surface area contributed by atoms with Crippen molar-refractivity contribution in [3.05, 3.63) is 16.7 Å². The summed E-state index contributed by atoms with van der Waals surface area (Å²) < 4.78 is 12.5. The third kappa shape index (κ3) is 2.60. The number of ether oxygens (including phenoxy) is 2. The third-order valence-corrected chi connectivity index (χ3v) is 4.53. The van der Waals surface area contributed by atoms with E-state index in [0.717, 1.165) is 0 Å². The van der Waals surface area contributed by atoms with Gasteiger partial charge in [-0.2, -0.15) is 0 Å². The zero-order valence-electron chi connectivity index (χ0n) is 13.3. The molecule has 0 saturated carbocycles. The van der Waals surface area contributed by atoms with E-state index in [-0.39, 0.29) is 11.2 Å². The Labute approximate surface area is 141 Å². The first-order valence-corrected chi connectivity index (χ1v) is 8.02. The normalized spacial score (nSPS) is 30.3. The number of aromatic nitrogens is 4. The molecular formula is C14H19N5O6. The minimum absolute atomic E-state index is 0.113. The highest BCUT2D eigenvalue weighted by atomic mass is 16.6. The number of morpholine rings is 1. The zero-order chi connectivity index (χ0) is 17.6. The Morgan fingerprint density at radius 2 is 2.04 bits per heavy atom. The van der Waals surface area contributed by atoms with Gasteiger partial charge in [0.25, 0.3) is 5.56 Å². The average Bonchev–Trinajstić information content (AvgIpc) is 3.15. The van der Waals surface area contributed by atoms with Crippen molar-refractivity contribution in [1.29, 1.82) is 0 Å². The van der Waals surface area contributed by atoms with Gasteiger partial charge in [0.1, 0.15) is 18.3 Å². The molecule has 0 unspecified atom stereocenters. The van der Waals surface area contributed by atoms with Crippen molar-refractivity contribution in [2.75, 3.05) is 37.8 Å². The lowest BCUT2D eigenvalue weighted by atomic mass is 10.1. The average molecular weight is 353 g/mol. The van der Waals surface area contributed by atoms with E-state index in [1.165, 1.54) is 10.9 Å². The predicted molar refractivity (Wildman–Crippen MR) is 84.2 cm³/mol. The van der Waals surface area contributed by atoms with Crippen molar-refractivity contribution in [3.8, 4) is 0 Å². The maximum absolute atomic E-state index is 12.1. The molecule has 0 spiro atoms. The van der Waals surface area contributed by atoms with E-state index in [1.807, 2.05) is 4.90 Å². The molecule has 136 valence electrons. The molecule has 0 aromatic carbocycles. The van der Waals surface area contributed by atoms with E-state index in [4.69, 9.17) is 9.47 Å². The summed E-state index contributed by atoms with van der Waals surface area (Å²) in [7, 11) is 0. The largest absolute Gasteiger partial charge is 0.394 e. The lowest BCUT2D eigenvalue weighted by Crippen LogP contribution is -2.39. The fourth-order valence-electron chi connectivity index (χ4n) is 3.22. The number of rotatable bonds is 3. The molecule has 0 radical (unpaired) electrons. The summed E-state index contributed by atoms with van der Waals surface area (Å²) in [4.78, 5) is 25.0. The number of aromatic amines is 1. The Balaban J connectivity index is 1.86. The van der Waals surface area contributed by atoms with Crippen molar-refractivity contribution >= 4 is 17.1 Å². The first kappa shape index (κ1) is 16.4. The molecule has 0 aliphatic carbocycles. The number of hydrogen-bond acceptors (Lipinski definition) is 9. The standard InChI is InChI=1S/C14H19N5O6/c20-5-7-9(21)10(22)13(25-7)19-11-8(12(23)16-6-15-11)17-14(19)18-1-3-24-4-2-18/h6-7,9-10,13,20-22H,1-5H2,(H,15,16,23)/t7-,9-,10-,13-/m0/s1. The number of fused-ring (bicyclic) bond motifs is 1. The van der Waals surface area contributed by atoms with Gasteiger partial charge in [-0.05, 0) is 0 Å². The lowest BCUT2D eigenvalue weighted by Gasteiger charge is -2.30. The Bertz CT molecular complexity index is 816. The molecule has 4 rings (SSSR count). The minimum atomic E-state index is -1.30. The summed E-state index contributed by atoms with van der Waals surface area (Å²) in [6.07, 6.45) is -3.27. The lowest BCUT2D eigenvalue weighted by molar-refractivity contribution is -0.0506. The first-order valence-electron chi connectivity index (χ1n) is 8.02. The highest BCUT2D eigenvalue weighted by Crippen LogP contribution is 2.34. The molecule has 4 heterocycles. The molecule has 0 amide bonds. The number of hydrogen-bond donors (Lipinski definition) is 4. The first-order chi connectivity index (χ1) is 12.1. The van der Waals surface area contributed by atoms with Crippen LogP contribution in [0.15, 0.2) is 11.1 Å². The van der Waals surface area contributed by atoms with Gasteiger partial charge in [-0.15, -0.1) is 0 Å². The van der Waals surface area contributed by atoms with Crippen LogP contribution in [0.1, 0.15) is 6.23 Å². The molecule has 2 aromatic heterocycles. The number of anilines is 1. The number of nitrogens with zero attached hydrogens (tertiary/aromatic N) is 4. The quantitative estimate of drug-likeness (QED) is 0.473. The van der Waals surface area contributed by atoms with Crippen molar-refractivity contribution in [2.24, 2.45) is 0 Å². The van der Waals surface area contributed by atoms with Crippen LogP contribution in [0, 0.1) is 0 Å². The smallest absolute Gasteiger partial charge is 0.278 e. The fourth-order valence-corrected chi connectivity index (χ4v) is 3.22. The molecular weight excluding hydrogens is 334 g/mol. The Morgan fingerprint density at radius 3 is 2.72 bits per heavy atom. The molecule has 4 N–H and O–H groups in total. The Hall–Kier alpha value is -2.05. The molecule has 4 atom stereocenters. The molecule has 2 fully saturated rings. The zero-order valence-corrected chi connectivity index (χ0v) is 13.3. The molecule has 2 aliphatic rings. The van der Waals surface area contributed by atoms with Gasteiger partial charge >= 0.3 is 0 Å². The van der Waals surface area contributed by atoms with Crippen LogP contribution in [-0.2, 0) is 9.47 Å². The van der Waals surface area contributed by atoms with Crippen molar-refractivity contribution in [1.82, 2.24) is 19.5 Å². The summed E-state index contributed by atoms with van der Waals surface area (Å²) in [5.41, 5.74) is -0.0631. The van der Waals surface area contributed by atoms with E-state index < -0.39 is 36.7 Å². The number of imidazole rings is 1. The van der Waals surface area contributed by atoms with Crippen molar-refractivity contribution in [3.63, 3.8) is 0 Å². The van der Waals surface area contributed by atoms with Crippen LogP contribution in [0.3, 0.4) is 0 Å². The van der Waals surface area contributed by atoms with Gasteiger partial charge in [-0.3, -0.25) is 9.36 Å². The third-order valence-electron chi connectivity index (χ3n) is 4.53. The van der Waals surface area contributed by atoms with Crippen LogP contribution in [0.4, 0.5) is 5.95 Å². The monoisotopic (exact) mass is 353 g/mol. The summed E-state index contributed by atoms with van der Waals surface area (Å²) in [5, 5.41) is 29.8. The van der Waals surface area contributed by atoms with E-state index in [9.17, 15) is 20.1 Å². The molecule has 11 heteroatoms. The number of nitrogens with one attached hydrogen (secondary N) is 1. The van der Waals surface area contributed by atoms with E-state index in [2.05, 4.69) is 15.0 Å². The van der Waals surface area contributed by atoms with Crippen LogP contribution < -0.4 is 10.5 Å². The van der Waals surface area contributed by atoms with Gasteiger partial charge in [-0.1, -0.05) is 0 Å². The van der Waals surface area contributed by atoms with E-state index in [1.54, 1.807) is 0 Å². The summed E-state index contributed by atoms with van der Waals surface area (Å²) in [6, 6.07) is 0. The van der Waals surface area contributed by atoms with Crippen molar-refractivity contribution < 1.29 is 24.8 Å². The molecule has 0 bridgehead atoms. The van der Waals surface area contributed by atoms with Crippen LogP contribution in [0.2, 0.25) is 0 Å². The number of aliphatic hydroxyl groups is 3. The van der Waals surface area contributed by atoms with Gasteiger partial charge in [0.05, 0.1) is 26.1 Å². The van der Waals surface area contributed by atoms with Gasteiger partial charge in [0, 0.05) is 13.1 Å². The topological polar surface area (TPSA) is 146 Å². The molecule has 2 saturated heterocycles. The van der Waals surface area contributed by atoms with Crippen LogP contribution in [0.5, 0.6) is 0 Å². The Morgan fingerprint density at radius 1 is 1.28 bits per heavy atom. The van der Waals surface area contributed by atoms with E-state index >= 15 is 0 Å². The highest BCUT2D eigenvalue weighted by molar-refractivity contribution is 5.73. The Kier molecular flexibility index (Phi) is 4.17. The van der Waals surface area contributed by atoms with Crippen LogP contribution in [0.25, 0.3) is 11.2 Å². The second-order valence-electron chi connectivity index (χ2n) is 6.01. The van der Waals surface area contributed by atoms with E-state index in [0.29, 0.717) is 32.3 Å². The number of H-pyrrole nitrogens is 1. The van der Waals surface area contributed by atoms with Gasteiger partial charge in [0.2, 0.25) is 5.95 Å². The maximum atomic E-state index is 12.1. The molecule has 25 heavy (non-hydrogen) atoms. The maximum Gasteiger partial charge on any atom is 0.278 e. The second-order valence-corrected chi connectivity index (χ2v) is 6.01. The molecule has 2 aromatic rings. The second kappa shape index (κ2) is 6.35. The molecule has 11 nitrogen and oxygen atoms in total. The molecule has 2 aliphatic heterocycles. The van der Waals surface area contributed by atoms with Crippen LogP contribution in [-0.4, -0.2) is 86.1 Å². The highest BCUT2D eigenvalue weighted by Gasteiger charge is 2.45. The van der Waals surface area contributed by atoms with Crippen molar-refractivity contribution in [2.45, 2.75) is 24.5 Å².